The minimum Gasteiger partial charge on any atom is -0.477 e. The first-order valence-electron chi connectivity index (χ1n) is 41.8. The molecule has 1 N–H and O–H groups in total. The van der Waals surface area contributed by atoms with E-state index < -0.39 is 24.3 Å². The Kier molecular flexibility index (Phi) is 76.5. The molecule has 0 aliphatic rings. The fraction of sp³-hybridized carbons (Fsp3) is 0.725. The molecule has 0 fully saturated rings. The number of carbonyl (C=O) groups is 3. The molecular formula is C91H158NO8+. The van der Waals surface area contributed by atoms with Gasteiger partial charge in [0.25, 0.3) is 6.29 Å². The van der Waals surface area contributed by atoms with Gasteiger partial charge in [0, 0.05) is 12.8 Å². The van der Waals surface area contributed by atoms with Crippen LogP contribution in [0.5, 0.6) is 0 Å². The Hall–Kier alpha value is -4.57. The van der Waals surface area contributed by atoms with Crippen LogP contribution < -0.4 is 0 Å². The zero-order valence-electron chi connectivity index (χ0n) is 65.8. The Bertz CT molecular complexity index is 2120. The van der Waals surface area contributed by atoms with Crippen LogP contribution in [-0.2, 0) is 33.3 Å². The van der Waals surface area contributed by atoms with Gasteiger partial charge in [-0.1, -0.05) is 392 Å². The van der Waals surface area contributed by atoms with E-state index in [9.17, 15) is 19.5 Å². The number of ether oxygens (including phenoxy) is 4. The number of esters is 2. The van der Waals surface area contributed by atoms with Crippen molar-refractivity contribution in [3.63, 3.8) is 0 Å². The monoisotopic (exact) mass is 1390 g/mol. The second-order valence-corrected chi connectivity index (χ2v) is 29.1. The van der Waals surface area contributed by atoms with E-state index in [1.807, 2.05) is 21.1 Å². The van der Waals surface area contributed by atoms with Gasteiger partial charge in [-0.3, -0.25) is 9.59 Å². The summed E-state index contributed by atoms with van der Waals surface area (Å²) in [7, 11) is 5.97. The number of unbranched alkanes of at least 4 members (excludes halogenated alkanes) is 40. The third kappa shape index (κ3) is 80.7. The second-order valence-electron chi connectivity index (χ2n) is 29.1. The molecular weight excluding hydrogens is 1230 g/mol. The quantitative estimate of drug-likeness (QED) is 0.0211. The number of carboxylic acids is 1. The van der Waals surface area contributed by atoms with E-state index in [2.05, 4.69) is 148 Å². The number of quaternary nitrogens is 1. The molecule has 0 aromatic carbocycles. The van der Waals surface area contributed by atoms with Crippen LogP contribution in [0.15, 0.2) is 134 Å². The molecule has 0 aromatic rings. The lowest BCUT2D eigenvalue weighted by Gasteiger charge is -2.25. The van der Waals surface area contributed by atoms with Crippen molar-refractivity contribution < 1.29 is 42.9 Å². The van der Waals surface area contributed by atoms with Crippen LogP contribution in [0, 0.1) is 0 Å². The summed E-state index contributed by atoms with van der Waals surface area (Å²) in [6.45, 7) is 4.76. The van der Waals surface area contributed by atoms with E-state index in [-0.39, 0.29) is 32.2 Å². The van der Waals surface area contributed by atoms with Crippen LogP contribution in [-0.4, -0.2) is 87.4 Å². The first-order chi connectivity index (χ1) is 49.1. The summed E-state index contributed by atoms with van der Waals surface area (Å²) in [5.74, 6) is -2.05. The van der Waals surface area contributed by atoms with Crippen molar-refractivity contribution in [2.45, 2.75) is 379 Å². The van der Waals surface area contributed by atoms with Gasteiger partial charge in [0.2, 0.25) is 0 Å². The number of allylic oxidation sites excluding steroid dienone is 22. The minimum absolute atomic E-state index is 0.176. The zero-order valence-corrected chi connectivity index (χ0v) is 65.8. The molecule has 0 saturated carbocycles. The smallest absolute Gasteiger partial charge is 0.361 e. The highest BCUT2D eigenvalue weighted by molar-refractivity contribution is 5.71. The Labute approximate surface area is 618 Å². The van der Waals surface area contributed by atoms with E-state index in [4.69, 9.17) is 18.9 Å². The van der Waals surface area contributed by atoms with Gasteiger partial charge in [0.05, 0.1) is 34.4 Å². The van der Waals surface area contributed by atoms with Crippen molar-refractivity contribution in [1.29, 1.82) is 0 Å². The molecule has 0 aliphatic heterocycles. The number of nitrogens with zero attached hydrogens (tertiary/aromatic N) is 1. The van der Waals surface area contributed by atoms with Gasteiger partial charge in [-0.25, -0.2) is 4.79 Å². The van der Waals surface area contributed by atoms with Crippen molar-refractivity contribution in [3.05, 3.63) is 134 Å². The Morgan fingerprint density at radius 2 is 0.570 bits per heavy atom. The van der Waals surface area contributed by atoms with Crippen LogP contribution in [0.4, 0.5) is 0 Å². The highest BCUT2D eigenvalue weighted by Gasteiger charge is 2.25. The predicted molar refractivity (Wildman–Crippen MR) is 433 cm³/mol. The maximum absolute atomic E-state index is 13.0. The van der Waals surface area contributed by atoms with E-state index in [0.717, 1.165) is 109 Å². The van der Waals surface area contributed by atoms with Crippen molar-refractivity contribution in [2.75, 3.05) is 47.5 Å². The van der Waals surface area contributed by atoms with Gasteiger partial charge in [0.15, 0.2) is 6.10 Å². The summed E-state index contributed by atoms with van der Waals surface area (Å²) < 4.78 is 23.0. The molecule has 0 heterocycles. The number of hydrogen-bond donors (Lipinski definition) is 1. The molecule has 0 bridgehead atoms. The molecule has 0 radical (unpaired) electrons. The average Bonchev–Trinajstić information content (AvgIpc) is 1.14. The molecule has 9 nitrogen and oxygen atoms in total. The number of rotatable bonds is 77. The number of hydrogen-bond acceptors (Lipinski definition) is 7. The standard InChI is InChI=1S/C91H157NO8/c1-6-8-10-12-14-16-18-20-22-24-26-28-30-32-34-36-38-40-42-44-46-47-49-51-53-55-57-59-61-63-65-67-69-71-73-75-77-79-81-88(93)98-85-87(86-99-91(90(95)96)97-84-83-92(3,4)5)100-89(94)82-80-78-76-74-72-70-68-66-64-62-60-58-56-54-52-50-48-45-43-41-39-37-35-33-31-29-27-25-23-21-19-17-15-13-11-9-7-2/h9,11,15,17,21,23,27,29,33,35,39,41,45,48,52,54,58,60,64,66,70,72,87,91H,6-8,10,12-14,16,18-20,22,24-26,28,30-32,34,36-38,40,42-44,46-47,49-51,53,55-57,59,61-63,65,67-69,71,73-86H2,1-5H3/p+1/b11-9-,17-15-,23-21-,29-27-,35-33-,41-39-,48-45-,54-52-,60-58-,66-64-,72-70-. The highest BCUT2D eigenvalue weighted by atomic mass is 16.7. The maximum atomic E-state index is 13.0. The summed E-state index contributed by atoms with van der Waals surface area (Å²) in [6.07, 6.45) is 113. The third-order valence-electron chi connectivity index (χ3n) is 18.2. The van der Waals surface area contributed by atoms with E-state index in [1.165, 1.54) is 225 Å². The van der Waals surface area contributed by atoms with E-state index in [0.29, 0.717) is 23.9 Å². The van der Waals surface area contributed by atoms with Crippen LogP contribution >= 0.6 is 0 Å². The molecule has 0 saturated heterocycles. The summed E-state index contributed by atoms with van der Waals surface area (Å²) in [5.41, 5.74) is 0. The molecule has 0 aromatic heterocycles. The summed E-state index contributed by atoms with van der Waals surface area (Å²) >= 11 is 0. The van der Waals surface area contributed by atoms with Crippen LogP contribution in [0.1, 0.15) is 367 Å². The average molecular weight is 1390 g/mol. The van der Waals surface area contributed by atoms with Gasteiger partial charge < -0.3 is 28.5 Å². The van der Waals surface area contributed by atoms with Gasteiger partial charge in [-0.15, -0.1) is 0 Å². The Morgan fingerprint density at radius 3 is 0.850 bits per heavy atom. The summed E-state index contributed by atoms with van der Waals surface area (Å²) in [6, 6.07) is 0. The zero-order chi connectivity index (χ0) is 72.5. The van der Waals surface area contributed by atoms with Crippen LogP contribution in [0.25, 0.3) is 0 Å². The molecule has 0 amide bonds. The highest BCUT2D eigenvalue weighted by Crippen LogP contribution is 2.19. The Balaban J connectivity index is 4.08. The fourth-order valence-electron chi connectivity index (χ4n) is 11.8. The lowest BCUT2D eigenvalue weighted by molar-refractivity contribution is -0.870. The Morgan fingerprint density at radius 1 is 0.310 bits per heavy atom. The van der Waals surface area contributed by atoms with Gasteiger partial charge in [-0.05, 0) is 96.3 Å². The van der Waals surface area contributed by atoms with Gasteiger partial charge in [-0.2, -0.15) is 0 Å². The van der Waals surface area contributed by atoms with Crippen molar-refractivity contribution in [1.82, 2.24) is 0 Å². The number of carboxylic acid groups (broad SMARTS) is 1. The summed E-state index contributed by atoms with van der Waals surface area (Å²) in [4.78, 5) is 37.7. The molecule has 0 rings (SSSR count). The minimum atomic E-state index is -1.53. The van der Waals surface area contributed by atoms with Gasteiger partial charge in [0.1, 0.15) is 13.2 Å². The topological polar surface area (TPSA) is 108 Å². The lowest BCUT2D eigenvalue weighted by atomic mass is 10.0. The SMILES string of the molecule is CC/C=C\C/C=C\C/C=C\C/C=C\C/C=C\C/C=C\C/C=C\C/C=C\C/C=C\C/C=C\C/C=C\CCCCCC(=O)OC(COC(=O)CCCCCCCCCCCCCCCCCCCCCCCCCCCCCCCCCCCCCCCC)COC(OCC[N+](C)(C)C)C(=O)O. The molecule has 0 spiro atoms. The van der Waals surface area contributed by atoms with Crippen LogP contribution in [0.2, 0.25) is 0 Å². The molecule has 0 aliphatic carbocycles. The van der Waals surface area contributed by atoms with Gasteiger partial charge >= 0.3 is 17.9 Å². The number of aliphatic carboxylic acids is 1. The molecule has 9 heteroatoms. The summed E-state index contributed by atoms with van der Waals surface area (Å²) in [5, 5.41) is 9.78. The fourth-order valence-corrected chi connectivity index (χ4v) is 11.8. The molecule has 2 atom stereocenters. The van der Waals surface area contributed by atoms with Crippen LogP contribution in [0.3, 0.4) is 0 Å². The molecule has 2 unspecified atom stereocenters. The maximum Gasteiger partial charge on any atom is 0.361 e. The second kappa shape index (κ2) is 80.1. The van der Waals surface area contributed by atoms with Crippen molar-refractivity contribution in [3.8, 4) is 0 Å². The first-order valence-corrected chi connectivity index (χ1v) is 41.8. The largest absolute Gasteiger partial charge is 0.477 e. The molecule has 100 heavy (non-hydrogen) atoms. The lowest BCUT2D eigenvalue weighted by Crippen LogP contribution is -2.40. The first kappa shape index (κ1) is 95.4. The van der Waals surface area contributed by atoms with E-state index in [1.54, 1.807) is 0 Å². The van der Waals surface area contributed by atoms with Crippen molar-refractivity contribution >= 4 is 17.9 Å². The number of likely N-dealkylation sites (N-methyl/N-ethyl adjacent to an activating group) is 1. The van der Waals surface area contributed by atoms with E-state index >= 15 is 0 Å². The predicted octanol–water partition coefficient (Wildman–Crippen LogP) is 27.2. The third-order valence-corrected chi connectivity index (χ3v) is 18.2. The number of carbonyl (C=O) groups excluding carboxylic acids is 2. The van der Waals surface area contributed by atoms with Crippen molar-refractivity contribution in [2.24, 2.45) is 0 Å². The normalized spacial score (nSPS) is 13.3. The molecule has 574 valence electrons.